The number of unbranched alkanes of at least 4 members (excludes halogenated alkanes) is 1. The summed E-state index contributed by atoms with van der Waals surface area (Å²) >= 11 is 1.88. The second kappa shape index (κ2) is 6.96. The van der Waals surface area contributed by atoms with Gasteiger partial charge >= 0.3 is 0 Å². The highest BCUT2D eigenvalue weighted by atomic mass is 32.2. The maximum absolute atomic E-state index is 4.05. The first-order chi connectivity index (χ1) is 8.03. The van der Waals surface area contributed by atoms with E-state index in [-0.39, 0.29) is 5.54 Å². The van der Waals surface area contributed by atoms with Crippen molar-refractivity contribution in [3.8, 4) is 0 Å². The molecule has 1 aromatic rings. The van der Waals surface area contributed by atoms with Crippen LogP contribution < -0.4 is 5.32 Å². The highest BCUT2D eigenvalue weighted by molar-refractivity contribution is 7.98. The summed E-state index contributed by atoms with van der Waals surface area (Å²) in [5.41, 5.74) is 0.0929. The molecule has 0 saturated heterocycles. The fraction of sp³-hybridized carbons (Fsp3) is 0.909. The number of hydrogen-bond donors (Lipinski definition) is 1. The summed E-state index contributed by atoms with van der Waals surface area (Å²) in [5, 5.41) is 15.2. The molecule has 0 radical (unpaired) electrons. The predicted molar refractivity (Wildman–Crippen MR) is 72.0 cm³/mol. The number of aromatic nitrogens is 4. The van der Waals surface area contributed by atoms with E-state index >= 15 is 0 Å². The average Bonchev–Trinajstić information content (AvgIpc) is 2.68. The fourth-order valence-corrected chi connectivity index (χ4v) is 1.87. The number of thioether (sulfide) groups is 1. The Morgan fingerprint density at radius 2 is 2.06 bits per heavy atom. The summed E-state index contributed by atoms with van der Waals surface area (Å²) in [7, 11) is 0. The Hall–Kier alpha value is -0.620. The van der Waals surface area contributed by atoms with Crippen LogP contribution in [0, 0.1) is 0 Å². The monoisotopic (exact) mass is 257 g/mol. The topological polar surface area (TPSA) is 55.6 Å². The highest BCUT2D eigenvalue weighted by Crippen LogP contribution is 2.04. The van der Waals surface area contributed by atoms with Crippen molar-refractivity contribution in [2.24, 2.45) is 0 Å². The number of aryl methyl sites for hydroxylation is 1. The van der Waals surface area contributed by atoms with Crippen LogP contribution in [0.1, 0.15) is 39.4 Å². The first-order valence-corrected chi connectivity index (χ1v) is 7.41. The molecule has 5 nitrogen and oxygen atoms in total. The van der Waals surface area contributed by atoms with Gasteiger partial charge in [0.2, 0.25) is 0 Å². The molecule has 0 aromatic carbocycles. The lowest BCUT2D eigenvalue weighted by atomic mass is 10.1. The Morgan fingerprint density at radius 3 is 2.71 bits per heavy atom. The van der Waals surface area contributed by atoms with Gasteiger partial charge in [0.05, 0.1) is 6.54 Å². The minimum absolute atomic E-state index is 0.0929. The third-order valence-corrected chi connectivity index (χ3v) is 3.05. The summed E-state index contributed by atoms with van der Waals surface area (Å²) < 4.78 is 1.90. The van der Waals surface area contributed by atoms with Gasteiger partial charge in [0.1, 0.15) is 0 Å². The molecule has 0 aliphatic rings. The minimum Gasteiger partial charge on any atom is -0.305 e. The molecule has 6 heteroatoms. The van der Waals surface area contributed by atoms with Gasteiger partial charge in [0, 0.05) is 12.1 Å². The van der Waals surface area contributed by atoms with Crippen molar-refractivity contribution in [3.05, 3.63) is 5.82 Å². The maximum atomic E-state index is 4.05. The minimum atomic E-state index is 0.0929. The normalized spacial score (nSPS) is 12.0. The van der Waals surface area contributed by atoms with Crippen LogP contribution in [0.3, 0.4) is 0 Å². The second-order valence-electron chi connectivity index (χ2n) is 5.12. The molecule has 0 amide bonds. The average molecular weight is 257 g/mol. The zero-order chi connectivity index (χ0) is 12.7. The van der Waals surface area contributed by atoms with E-state index in [9.17, 15) is 0 Å². The van der Waals surface area contributed by atoms with Gasteiger partial charge in [-0.3, -0.25) is 0 Å². The standard InChI is InChI=1S/C11H23N5S/c1-11(2,3)12-9-10-13-14-15-16(10)7-5-6-8-17-4/h12H,5-9H2,1-4H3. The Labute approximate surface area is 108 Å². The smallest absolute Gasteiger partial charge is 0.165 e. The van der Waals surface area contributed by atoms with E-state index in [2.05, 4.69) is 47.9 Å². The summed E-state index contributed by atoms with van der Waals surface area (Å²) in [4.78, 5) is 0. The van der Waals surface area contributed by atoms with Crippen molar-refractivity contribution in [2.75, 3.05) is 12.0 Å². The predicted octanol–water partition coefficient (Wildman–Crippen LogP) is 1.70. The molecule has 1 rings (SSSR count). The van der Waals surface area contributed by atoms with Crippen molar-refractivity contribution in [2.45, 2.75) is 52.2 Å². The number of tetrazole rings is 1. The van der Waals surface area contributed by atoms with E-state index in [0.717, 1.165) is 25.3 Å². The third-order valence-electron chi connectivity index (χ3n) is 2.35. The van der Waals surface area contributed by atoms with Crippen LogP contribution in [-0.2, 0) is 13.1 Å². The SMILES string of the molecule is CSCCCCn1nnnc1CNC(C)(C)C. The van der Waals surface area contributed by atoms with Gasteiger partial charge in [0.25, 0.3) is 0 Å². The lowest BCUT2D eigenvalue weighted by Crippen LogP contribution is -2.36. The van der Waals surface area contributed by atoms with E-state index in [0.29, 0.717) is 0 Å². The number of nitrogens with zero attached hydrogens (tertiary/aromatic N) is 4. The van der Waals surface area contributed by atoms with Gasteiger partial charge in [-0.2, -0.15) is 11.8 Å². The molecule has 1 N–H and O–H groups in total. The van der Waals surface area contributed by atoms with E-state index < -0.39 is 0 Å². The number of rotatable bonds is 7. The van der Waals surface area contributed by atoms with E-state index in [1.165, 1.54) is 12.2 Å². The largest absolute Gasteiger partial charge is 0.305 e. The molecule has 0 atom stereocenters. The second-order valence-corrected chi connectivity index (χ2v) is 6.11. The third kappa shape index (κ3) is 6.02. The molecule has 0 fully saturated rings. The molecule has 0 bridgehead atoms. The molecular formula is C11H23N5S. The van der Waals surface area contributed by atoms with Crippen molar-refractivity contribution in [1.82, 2.24) is 25.5 Å². The van der Waals surface area contributed by atoms with Crippen LogP contribution >= 0.6 is 11.8 Å². The van der Waals surface area contributed by atoms with Gasteiger partial charge in [-0.1, -0.05) is 0 Å². The van der Waals surface area contributed by atoms with E-state index in [1.807, 2.05) is 16.4 Å². The van der Waals surface area contributed by atoms with Gasteiger partial charge in [-0.05, 0) is 56.0 Å². The van der Waals surface area contributed by atoms with Gasteiger partial charge < -0.3 is 5.32 Å². The molecule has 98 valence electrons. The van der Waals surface area contributed by atoms with E-state index in [1.54, 1.807) is 0 Å². The van der Waals surface area contributed by atoms with Crippen LogP contribution in [-0.4, -0.2) is 37.8 Å². The summed E-state index contributed by atoms with van der Waals surface area (Å²) in [6, 6.07) is 0. The first-order valence-electron chi connectivity index (χ1n) is 6.02. The fourth-order valence-electron chi connectivity index (χ4n) is 1.38. The molecule has 1 aromatic heterocycles. The first kappa shape index (κ1) is 14.4. The Balaban J connectivity index is 2.37. The van der Waals surface area contributed by atoms with Crippen LogP contribution in [0.2, 0.25) is 0 Å². The highest BCUT2D eigenvalue weighted by Gasteiger charge is 2.12. The molecule has 0 aliphatic heterocycles. The molecule has 17 heavy (non-hydrogen) atoms. The lowest BCUT2D eigenvalue weighted by molar-refractivity contribution is 0.406. The summed E-state index contributed by atoms with van der Waals surface area (Å²) in [6.07, 6.45) is 4.48. The van der Waals surface area contributed by atoms with Crippen LogP contribution in [0.5, 0.6) is 0 Å². The Morgan fingerprint density at radius 1 is 1.29 bits per heavy atom. The molecule has 0 aliphatic carbocycles. The van der Waals surface area contributed by atoms with E-state index in [4.69, 9.17) is 0 Å². The molecule has 1 heterocycles. The lowest BCUT2D eigenvalue weighted by Gasteiger charge is -2.19. The van der Waals surface area contributed by atoms with Gasteiger partial charge in [-0.15, -0.1) is 5.10 Å². The van der Waals surface area contributed by atoms with Crippen molar-refractivity contribution in [3.63, 3.8) is 0 Å². The maximum Gasteiger partial charge on any atom is 0.165 e. The Bertz CT molecular complexity index is 318. The van der Waals surface area contributed by atoms with Crippen molar-refractivity contribution >= 4 is 11.8 Å². The number of hydrogen-bond acceptors (Lipinski definition) is 5. The molecule has 0 saturated carbocycles. The molecule has 0 spiro atoms. The Kier molecular flexibility index (Phi) is 5.91. The van der Waals surface area contributed by atoms with Crippen LogP contribution in [0.15, 0.2) is 0 Å². The zero-order valence-electron chi connectivity index (χ0n) is 11.2. The van der Waals surface area contributed by atoms with Crippen LogP contribution in [0.4, 0.5) is 0 Å². The van der Waals surface area contributed by atoms with Crippen molar-refractivity contribution in [1.29, 1.82) is 0 Å². The van der Waals surface area contributed by atoms with Crippen molar-refractivity contribution < 1.29 is 0 Å². The quantitative estimate of drug-likeness (QED) is 0.754. The molecular weight excluding hydrogens is 234 g/mol. The zero-order valence-corrected chi connectivity index (χ0v) is 12.0. The van der Waals surface area contributed by atoms with Crippen LogP contribution in [0.25, 0.3) is 0 Å². The molecule has 0 unspecified atom stereocenters. The summed E-state index contributed by atoms with van der Waals surface area (Å²) in [5.74, 6) is 2.13. The summed E-state index contributed by atoms with van der Waals surface area (Å²) in [6.45, 7) is 8.05. The van der Waals surface area contributed by atoms with Gasteiger partial charge in [0.15, 0.2) is 5.82 Å². The van der Waals surface area contributed by atoms with Gasteiger partial charge in [-0.25, -0.2) is 4.68 Å². The number of nitrogens with one attached hydrogen (secondary N) is 1.